The minimum Gasteiger partial charge on any atom is -0.480 e. The number of carbonyl (C=O) groups is 1. The van der Waals surface area contributed by atoms with E-state index in [9.17, 15) is 4.79 Å². The van der Waals surface area contributed by atoms with E-state index < -0.39 is 5.97 Å². The van der Waals surface area contributed by atoms with E-state index >= 15 is 0 Å². The van der Waals surface area contributed by atoms with Crippen LogP contribution < -0.4 is 9.64 Å². The van der Waals surface area contributed by atoms with Crippen molar-refractivity contribution < 1.29 is 14.6 Å². The molecule has 0 saturated carbocycles. The van der Waals surface area contributed by atoms with Gasteiger partial charge < -0.3 is 14.7 Å². The van der Waals surface area contributed by atoms with Gasteiger partial charge in [-0.25, -0.2) is 0 Å². The van der Waals surface area contributed by atoms with E-state index in [2.05, 4.69) is 28.7 Å². The molecule has 0 atom stereocenters. The number of rotatable bonds is 8. The summed E-state index contributed by atoms with van der Waals surface area (Å²) in [5.74, 6) is 1.07. The Balaban J connectivity index is 1.92. The fourth-order valence-corrected chi connectivity index (χ4v) is 2.95. The maximum atomic E-state index is 11.0. The molecule has 1 fully saturated rings. The molecule has 0 aliphatic carbocycles. The molecule has 24 heavy (non-hydrogen) atoms. The first-order chi connectivity index (χ1) is 11.5. The third-order valence-corrected chi connectivity index (χ3v) is 4.21. The highest BCUT2D eigenvalue weighted by atomic mass is 16.5. The van der Waals surface area contributed by atoms with Crippen molar-refractivity contribution in [1.29, 1.82) is 0 Å². The second-order valence-corrected chi connectivity index (χ2v) is 6.60. The largest absolute Gasteiger partial charge is 0.480 e. The fourth-order valence-electron chi connectivity index (χ4n) is 2.95. The predicted octanol–water partition coefficient (Wildman–Crippen LogP) is 1.89. The summed E-state index contributed by atoms with van der Waals surface area (Å²) in [5, 5.41) is 9.01. The molecule has 0 unspecified atom stereocenters. The smallest absolute Gasteiger partial charge is 0.317 e. The lowest BCUT2D eigenvalue weighted by Crippen LogP contribution is -2.46. The van der Waals surface area contributed by atoms with Crippen molar-refractivity contribution in [2.75, 3.05) is 37.7 Å². The number of likely N-dealkylation sites (N-methyl/N-ethyl adjacent to an activating group) is 1. The maximum absolute atomic E-state index is 11.0. The topological polar surface area (TPSA) is 78.8 Å². The van der Waals surface area contributed by atoms with Gasteiger partial charge in [0.2, 0.25) is 5.88 Å². The molecule has 7 nitrogen and oxygen atoms in total. The number of anilines is 1. The molecule has 0 spiro atoms. The Morgan fingerprint density at radius 2 is 2.12 bits per heavy atom. The van der Waals surface area contributed by atoms with Crippen LogP contribution >= 0.6 is 0 Å². The van der Waals surface area contributed by atoms with Gasteiger partial charge in [-0.15, -0.1) is 0 Å². The van der Waals surface area contributed by atoms with Crippen molar-refractivity contribution in [3.05, 3.63) is 12.4 Å². The standard InChI is InChI=1S/C17H28N4O3/c1-4-20(11-17(22)23)14-5-7-21(8-6-14)15-9-18-10-16(19-15)24-12-13(2)3/h9-10,13-14H,4-8,11-12H2,1-3H3,(H,22,23). The van der Waals surface area contributed by atoms with Crippen LogP contribution in [0.3, 0.4) is 0 Å². The molecule has 0 bridgehead atoms. The second-order valence-electron chi connectivity index (χ2n) is 6.60. The van der Waals surface area contributed by atoms with E-state index in [1.807, 2.05) is 11.8 Å². The van der Waals surface area contributed by atoms with Crippen molar-refractivity contribution in [2.45, 2.75) is 39.7 Å². The Kier molecular flexibility index (Phi) is 6.78. The van der Waals surface area contributed by atoms with Crippen molar-refractivity contribution in [1.82, 2.24) is 14.9 Å². The number of aliphatic carboxylic acids is 1. The summed E-state index contributed by atoms with van der Waals surface area (Å²) < 4.78 is 5.65. The van der Waals surface area contributed by atoms with E-state index in [1.54, 1.807) is 12.4 Å². The second kappa shape index (κ2) is 8.82. The summed E-state index contributed by atoms with van der Waals surface area (Å²) in [5.41, 5.74) is 0. The van der Waals surface area contributed by atoms with Crippen LogP contribution in [0.5, 0.6) is 5.88 Å². The van der Waals surface area contributed by atoms with Crippen LogP contribution in [0.4, 0.5) is 5.82 Å². The molecule has 1 N–H and O–H groups in total. The Morgan fingerprint density at radius 3 is 2.71 bits per heavy atom. The maximum Gasteiger partial charge on any atom is 0.317 e. The first-order valence-corrected chi connectivity index (χ1v) is 8.65. The number of carboxylic acid groups (broad SMARTS) is 1. The molecule has 134 valence electrons. The van der Waals surface area contributed by atoms with Crippen LogP contribution in [0.25, 0.3) is 0 Å². The van der Waals surface area contributed by atoms with E-state index in [0.717, 1.165) is 38.3 Å². The molecule has 0 amide bonds. The van der Waals surface area contributed by atoms with E-state index in [1.165, 1.54) is 0 Å². The van der Waals surface area contributed by atoms with Gasteiger partial charge in [0.15, 0.2) is 5.82 Å². The highest BCUT2D eigenvalue weighted by molar-refractivity contribution is 5.69. The Hall–Kier alpha value is -1.89. The van der Waals surface area contributed by atoms with Crippen molar-refractivity contribution in [3.8, 4) is 5.88 Å². The van der Waals surface area contributed by atoms with Gasteiger partial charge in [-0.1, -0.05) is 20.8 Å². The van der Waals surface area contributed by atoms with Gasteiger partial charge in [0, 0.05) is 19.1 Å². The number of hydrogen-bond donors (Lipinski definition) is 1. The molecule has 1 aliphatic heterocycles. The SMILES string of the molecule is CCN(CC(=O)O)C1CCN(c2cncc(OCC(C)C)n2)CC1. The third kappa shape index (κ3) is 5.33. The number of nitrogens with zero attached hydrogens (tertiary/aromatic N) is 4. The number of carboxylic acids is 1. The molecule has 7 heteroatoms. The van der Waals surface area contributed by atoms with Crippen LogP contribution in [0, 0.1) is 5.92 Å². The summed E-state index contributed by atoms with van der Waals surface area (Å²) in [6.07, 6.45) is 5.27. The van der Waals surface area contributed by atoms with Gasteiger partial charge in [-0.3, -0.25) is 14.7 Å². The summed E-state index contributed by atoms with van der Waals surface area (Å²) >= 11 is 0. The van der Waals surface area contributed by atoms with Crippen LogP contribution in [0.1, 0.15) is 33.6 Å². The first kappa shape index (κ1) is 18.4. The number of aromatic nitrogens is 2. The summed E-state index contributed by atoms with van der Waals surface area (Å²) in [6.45, 7) is 9.40. The predicted molar refractivity (Wildman–Crippen MR) is 92.5 cm³/mol. The van der Waals surface area contributed by atoms with Gasteiger partial charge in [-0.2, -0.15) is 4.98 Å². The molecular weight excluding hydrogens is 308 g/mol. The highest BCUT2D eigenvalue weighted by Gasteiger charge is 2.25. The minimum absolute atomic E-state index is 0.111. The molecule has 0 radical (unpaired) electrons. The quantitative estimate of drug-likeness (QED) is 0.776. The van der Waals surface area contributed by atoms with Gasteiger partial charge in [0.25, 0.3) is 0 Å². The van der Waals surface area contributed by atoms with Crippen molar-refractivity contribution in [3.63, 3.8) is 0 Å². The van der Waals surface area contributed by atoms with Gasteiger partial charge >= 0.3 is 5.97 Å². The molecular formula is C17H28N4O3. The summed E-state index contributed by atoms with van der Waals surface area (Å²) in [4.78, 5) is 24.0. The van der Waals surface area contributed by atoms with E-state index in [0.29, 0.717) is 24.4 Å². The van der Waals surface area contributed by atoms with Gasteiger partial charge in [0.1, 0.15) is 0 Å². The average Bonchev–Trinajstić information content (AvgIpc) is 2.58. The zero-order chi connectivity index (χ0) is 17.5. The monoisotopic (exact) mass is 336 g/mol. The van der Waals surface area contributed by atoms with Crippen LogP contribution in [0.2, 0.25) is 0 Å². The first-order valence-electron chi connectivity index (χ1n) is 8.65. The van der Waals surface area contributed by atoms with Crippen molar-refractivity contribution in [2.24, 2.45) is 5.92 Å². The Labute approximate surface area is 143 Å². The van der Waals surface area contributed by atoms with Gasteiger partial charge in [-0.05, 0) is 25.3 Å². The zero-order valence-corrected chi connectivity index (χ0v) is 14.8. The Bertz CT molecular complexity index is 530. The fraction of sp³-hybridized carbons (Fsp3) is 0.706. The van der Waals surface area contributed by atoms with Crippen LogP contribution in [-0.2, 0) is 4.79 Å². The highest BCUT2D eigenvalue weighted by Crippen LogP contribution is 2.22. The van der Waals surface area contributed by atoms with Gasteiger partial charge in [0.05, 0.1) is 25.5 Å². The number of ether oxygens (including phenoxy) is 1. The third-order valence-electron chi connectivity index (χ3n) is 4.21. The average molecular weight is 336 g/mol. The van der Waals surface area contributed by atoms with E-state index in [-0.39, 0.29) is 6.54 Å². The van der Waals surface area contributed by atoms with Crippen molar-refractivity contribution >= 4 is 11.8 Å². The summed E-state index contributed by atoms with van der Waals surface area (Å²) in [6, 6.07) is 0.315. The molecule has 1 aromatic heterocycles. The summed E-state index contributed by atoms with van der Waals surface area (Å²) in [7, 11) is 0. The minimum atomic E-state index is -0.764. The molecule has 1 saturated heterocycles. The Morgan fingerprint density at radius 1 is 1.42 bits per heavy atom. The van der Waals surface area contributed by atoms with Crippen LogP contribution in [0.15, 0.2) is 12.4 Å². The normalized spacial score (nSPS) is 16.0. The lowest BCUT2D eigenvalue weighted by atomic mass is 10.0. The lowest BCUT2D eigenvalue weighted by Gasteiger charge is -2.37. The lowest BCUT2D eigenvalue weighted by molar-refractivity contribution is -0.139. The molecule has 1 aromatic rings. The number of hydrogen-bond acceptors (Lipinski definition) is 6. The molecule has 2 rings (SSSR count). The van der Waals surface area contributed by atoms with E-state index in [4.69, 9.17) is 9.84 Å². The zero-order valence-electron chi connectivity index (χ0n) is 14.8. The molecule has 0 aromatic carbocycles. The molecule has 1 aliphatic rings. The number of piperidine rings is 1. The molecule has 2 heterocycles. The van der Waals surface area contributed by atoms with Crippen LogP contribution in [-0.4, -0.2) is 64.8 Å².